The molecule has 0 saturated carbocycles. The zero-order valence-corrected chi connectivity index (χ0v) is 12.2. The Morgan fingerprint density at radius 1 is 1.33 bits per heavy atom. The highest BCUT2D eigenvalue weighted by molar-refractivity contribution is 9.10. The topological polar surface area (TPSA) is 49.9 Å². The van der Waals surface area contributed by atoms with Gasteiger partial charge in [0.15, 0.2) is 0 Å². The summed E-state index contributed by atoms with van der Waals surface area (Å²) in [6, 6.07) is 0.283. The van der Waals surface area contributed by atoms with Gasteiger partial charge in [0.25, 0.3) is 0 Å². The Bertz CT molecular complexity index is 329. The van der Waals surface area contributed by atoms with Gasteiger partial charge in [-0.25, -0.2) is 4.79 Å². The first-order valence-corrected chi connectivity index (χ1v) is 7.41. The van der Waals surface area contributed by atoms with Gasteiger partial charge in [-0.15, -0.1) is 0 Å². The maximum Gasteiger partial charge on any atom is 0.409 e. The molecule has 0 aromatic heterocycles. The summed E-state index contributed by atoms with van der Waals surface area (Å²) in [4.78, 5) is 27.1. The minimum atomic E-state index is -0.234. The quantitative estimate of drug-likeness (QED) is 0.727. The van der Waals surface area contributed by atoms with Crippen molar-refractivity contribution in [1.82, 2.24) is 9.80 Å². The van der Waals surface area contributed by atoms with Crippen molar-refractivity contribution in [3.8, 4) is 0 Å². The molecule has 102 valence electrons. The first-order chi connectivity index (χ1) is 8.63. The lowest BCUT2D eigenvalue weighted by molar-refractivity contribution is -0.129. The number of nitrogens with zero attached hydrogens (tertiary/aromatic N) is 2. The minimum absolute atomic E-state index is 0.0133. The number of halogens is 1. The normalized spacial score (nSPS) is 25.7. The van der Waals surface area contributed by atoms with Gasteiger partial charge in [-0.1, -0.05) is 15.9 Å². The molecule has 0 N–H and O–H groups in total. The van der Waals surface area contributed by atoms with Crippen LogP contribution in [0.4, 0.5) is 4.79 Å². The molecule has 1 atom stereocenters. The second-order valence-electron chi connectivity index (χ2n) is 4.70. The van der Waals surface area contributed by atoms with Crippen molar-refractivity contribution in [2.45, 2.75) is 37.1 Å². The van der Waals surface area contributed by atoms with Gasteiger partial charge in [-0.2, -0.15) is 0 Å². The summed E-state index contributed by atoms with van der Waals surface area (Å²) >= 11 is 3.39. The largest absolute Gasteiger partial charge is 0.450 e. The van der Waals surface area contributed by atoms with Gasteiger partial charge in [0.05, 0.1) is 11.4 Å². The van der Waals surface area contributed by atoms with E-state index in [0.717, 1.165) is 25.8 Å². The van der Waals surface area contributed by atoms with Crippen LogP contribution in [0.15, 0.2) is 0 Å². The molecular weight excluding hydrogens is 300 g/mol. The summed E-state index contributed by atoms with van der Waals surface area (Å²) in [5.74, 6) is 0.199. The zero-order chi connectivity index (χ0) is 13.1. The number of carbonyl (C=O) groups is 2. The number of likely N-dealkylation sites (tertiary alicyclic amines) is 2. The Hall–Kier alpha value is -0.780. The van der Waals surface area contributed by atoms with E-state index in [4.69, 9.17) is 4.74 Å². The van der Waals surface area contributed by atoms with E-state index in [1.54, 1.807) is 4.90 Å². The van der Waals surface area contributed by atoms with Gasteiger partial charge in [-0.05, 0) is 26.2 Å². The lowest BCUT2D eigenvalue weighted by atomic mass is 10.0. The third kappa shape index (κ3) is 2.79. The smallest absolute Gasteiger partial charge is 0.409 e. The number of hydrogen-bond donors (Lipinski definition) is 0. The van der Waals surface area contributed by atoms with E-state index < -0.39 is 0 Å². The molecule has 2 amide bonds. The van der Waals surface area contributed by atoms with Gasteiger partial charge in [0.1, 0.15) is 0 Å². The van der Waals surface area contributed by atoms with Crippen molar-refractivity contribution in [3.05, 3.63) is 0 Å². The van der Waals surface area contributed by atoms with E-state index >= 15 is 0 Å². The second kappa shape index (κ2) is 5.91. The summed E-state index contributed by atoms with van der Waals surface area (Å²) < 4.78 is 4.98. The van der Waals surface area contributed by atoms with E-state index in [0.29, 0.717) is 19.7 Å². The molecular formula is C12H19BrN2O3. The van der Waals surface area contributed by atoms with Crippen molar-refractivity contribution in [2.75, 3.05) is 26.2 Å². The molecule has 5 nitrogen and oxygen atoms in total. The van der Waals surface area contributed by atoms with E-state index in [1.807, 2.05) is 11.8 Å². The lowest BCUT2D eigenvalue weighted by Gasteiger charge is -2.36. The Labute approximate surface area is 116 Å². The Balaban J connectivity index is 1.83. The second-order valence-corrected chi connectivity index (χ2v) is 5.81. The van der Waals surface area contributed by atoms with Crippen LogP contribution in [0.25, 0.3) is 0 Å². The van der Waals surface area contributed by atoms with Crippen LogP contribution in [0.3, 0.4) is 0 Å². The van der Waals surface area contributed by atoms with Gasteiger partial charge < -0.3 is 14.5 Å². The van der Waals surface area contributed by atoms with Crippen LogP contribution < -0.4 is 0 Å². The third-order valence-electron chi connectivity index (χ3n) is 3.61. The standard InChI is InChI=1S/C12H19BrN2O3/c1-2-18-12(17)14-6-3-9(4-7-14)15-8-5-10(13)11(15)16/h9-10H,2-8H2,1H3. The summed E-state index contributed by atoms with van der Waals surface area (Å²) in [6.07, 6.45) is 2.35. The van der Waals surface area contributed by atoms with Crippen LogP contribution in [-0.2, 0) is 9.53 Å². The Morgan fingerprint density at radius 2 is 2.00 bits per heavy atom. The first-order valence-electron chi connectivity index (χ1n) is 6.49. The number of piperidine rings is 1. The number of ether oxygens (including phenoxy) is 1. The van der Waals surface area contributed by atoms with Crippen molar-refractivity contribution < 1.29 is 14.3 Å². The molecule has 0 aromatic carbocycles. The molecule has 2 saturated heterocycles. The van der Waals surface area contributed by atoms with Gasteiger partial charge >= 0.3 is 6.09 Å². The molecule has 6 heteroatoms. The average molecular weight is 319 g/mol. The summed E-state index contributed by atoms with van der Waals surface area (Å²) in [5, 5.41) is 0. The highest BCUT2D eigenvalue weighted by Crippen LogP contribution is 2.25. The molecule has 2 rings (SSSR count). The Morgan fingerprint density at radius 3 is 2.50 bits per heavy atom. The van der Waals surface area contributed by atoms with E-state index in [1.165, 1.54) is 0 Å². The fourth-order valence-corrected chi connectivity index (χ4v) is 3.07. The number of hydrogen-bond acceptors (Lipinski definition) is 3. The van der Waals surface area contributed by atoms with Crippen LogP contribution in [0.2, 0.25) is 0 Å². The monoisotopic (exact) mass is 318 g/mol. The maximum atomic E-state index is 11.9. The molecule has 0 aromatic rings. The average Bonchev–Trinajstić information content (AvgIpc) is 2.71. The molecule has 2 aliphatic rings. The molecule has 0 bridgehead atoms. The Kier molecular flexibility index (Phi) is 4.48. The van der Waals surface area contributed by atoms with Crippen LogP contribution in [0, 0.1) is 0 Å². The van der Waals surface area contributed by atoms with Crippen LogP contribution in [0.1, 0.15) is 26.2 Å². The van der Waals surface area contributed by atoms with Crippen LogP contribution >= 0.6 is 15.9 Å². The van der Waals surface area contributed by atoms with Crippen LogP contribution in [0.5, 0.6) is 0 Å². The van der Waals surface area contributed by atoms with Gasteiger partial charge in [0, 0.05) is 25.7 Å². The number of carbonyl (C=O) groups excluding carboxylic acids is 2. The van der Waals surface area contributed by atoms with E-state index in [9.17, 15) is 9.59 Å². The molecule has 2 fully saturated rings. The van der Waals surface area contributed by atoms with Crippen molar-refractivity contribution in [1.29, 1.82) is 0 Å². The number of rotatable bonds is 2. The molecule has 18 heavy (non-hydrogen) atoms. The highest BCUT2D eigenvalue weighted by Gasteiger charge is 2.36. The minimum Gasteiger partial charge on any atom is -0.450 e. The molecule has 0 aliphatic carbocycles. The van der Waals surface area contributed by atoms with Gasteiger partial charge in [-0.3, -0.25) is 4.79 Å². The molecule has 0 spiro atoms. The van der Waals surface area contributed by atoms with Crippen molar-refractivity contribution in [3.63, 3.8) is 0 Å². The van der Waals surface area contributed by atoms with E-state index in [-0.39, 0.29) is 22.9 Å². The summed E-state index contributed by atoms with van der Waals surface area (Å²) in [7, 11) is 0. The third-order valence-corrected chi connectivity index (χ3v) is 4.46. The highest BCUT2D eigenvalue weighted by atomic mass is 79.9. The maximum absolute atomic E-state index is 11.9. The number of amides is 2. The predicted octanol–water partition coefficient (Wildman–Crippen LogP) is 1.60. The molecule has 1 unspecified atom stereocenters. The SMILES string of the molecule is CCOC(=O)N1CCC(N2CCC(Br)C2=O)CC1. The fraction of sp³-hybridized carbons (Fsp3) is 0.833. The van der Waals surface area contributed by atoms with Crippen molar-refractivity contribution >= 4 is 27.9 Å². The fourth-order valence-electron chi connectivity index (χ4n) is 2.60. The predicted molar refractivity (Wildman–Crippen MR) is 70.7 cm³/mol. The first kappa shape index (κ1) is 13.6. The molecule has 0 radical (unpaired) electrons. The summed E-state index contributed by atoms with van der Waals surface area (Å²) in [6.45, 7) is 4.41. The molecule has 2 aliphatic heterocycles. The molecule has 2 heterocycles. The summed E-state index contributed by atoms with van der Waals surface area (Å²) in [5.41, 5.74) is 0. The van der Waals surface area contributed by atoms with E-state index in [2.05, 4.69) is 15.9 Å². The lowest BCUT2D eigenvalue weighted by Crippen LogP contribution is -2.47. The van der Waals surface area contributed by atoms with Gasteiger partial charge in [0.2, 0.25) is 5.91 Å². The number of alkyl halides is 1. The van der Waals surface area contributed by atoms with Crippen molar-refractivity contribution in [2.24, 2.45) is 0 Å². The zero-order valence-electron chi connectivity index (χ0n) is 10.6. The van der Waals surface area contributed by atoms with Crippen LogP contribution in [-0.4, -0.2) is 58.9 Å².